The first-order chi connectivity index (χ1) is 8.08. The van der Waals surface area contributed by atoms with E-state index in [0.29, 0.717) is 12.4 Å². The number of phenols is 2. The molecule has 0 aliphatic heterocycles. The Labute approximate surface area is 104 Å². The molecule has 0 spiro atoms. The quantitative estimate of drug-likeness (QED) is 0.719. The molecule has 3 N–H and O–H groups in total. The molecule has 4 nitrogen and oxygen atoms in total. The van der Waals surface area contributed by atoms with Crippen molar-refractivity contribution in [3.8, 4) is 11.5 Å². The summed E-state index contributed by atoms with van der Waals surface area (Å²) in [5.74, 6) is -0.409. The Hall–Kier alpha value is -1.42. The highest BCUT2D eigenvalue weighted by molar-refractivity contribution is 6.18. The molecule has 0 atom stereocenters. The fourth-order valence-corrected chi connectivity index (χ4v) is 2.01. The number of carbonyl (C=O) groups excluding carboxylic acids is 1. The molecule has 1 aliphatic rings. The van der Waals surface area contributed by atoms with Crippen LogP contribution < -0.4 is 5.32 Å². The van der Waals surface area contributed by atoms with Crippen LogP contribution in [0, 0.1) is 5.41 Å². The van der Waals surface area contributed by atoms with E-state index >= 15 is 0 Å². The molecule has 0 saturated heterocycles. The molecular formula is C12H14ClNO3. The minimum Gasteiger partial charge on any atom is -0.507 e. The van der Waals surface area contributed by atoms with Crippen LogP contribution in [0.5, 0.6) is 11.5 Å². The molecule has 0 bridgehead atoms. The maximum Gasteiger partial charge on any atom is 0.258 e. The number of alkyl halides is 1. The summed E-state index contributed by atoms with van der Waals surface area (Å²) in [7, 11) is 0. The van der Waals surface area contributed by atoms with Gasteiger partial charge in [0.25, 0.3) is 5.91 Å². The van der Waals surface area contributed by atoms with Gasteiger partial charge < -0.3 is 15.5 Å². The molecule has 92 valence electrons. The third kappa shape index (κ3) is 2.47. The van der Waals surface area contributed by atoms with Crippen LogP contribution in [0.15, 0.2) is 18.2 Å². The second-order valence-electron chi connectivity index (χ2n) is 4.49. The van der Waals surface area contributed by atoms with Gasteiger partial charge in [-0.1, -0.05) is 6.07 Å². The van der Waals surface area contributed by atoms with Crippen LogP contribution in [0.1, 0.15) is 23.2 Å². The molecule has 1 amide bonds. The van der Waals surface area contributed by atoms with Crippen LogP contribution >= 0.6 is 11.6 Å². The van der Waals surface area contributed by atoms with E-state index in [1.807, 2.05) is 0 Å². The van der Waals surface area contributed by atoms with Crippen molar-refractivity contribution in [3.63, 3.8) is 0 Å². The Balaban J connectivity index is 2.05. The first-order valence-corrected chi connectivity index (χ1v) is 5.96. The maximum atomic E-state index is 11.8. The van der Waals surface area contributed by atoms with E-state index in [4.69, 9.17) is 11.6 Å². The molecule has 0 radical (unpaired) electrons. The summed E-state index contributed by atoms with van der Waals surface area (Å²) in [5, 5.41) is 21.7. The molecule has 1 saturated carbocycles. The van der Waals surface area contributed by atoms with E-state index in [0.717, 1.165) is 12.8 Å². The molecule has 0 unspecified atom stereocenters. The monoisotopic (exact) mass is 255 g/mol. The van der Waals surface area contributed by atoms with Crippen molar-refractivity contribution in [1.82, 2.24) is 5.32 Å². The van der Waals surface area contributed by atoms with Crippen LogP contribution in [0.25, 0.3) is 0 Å². The Morgan fingerprint density at radius 2 is 1.94 bits per heavy atom. The molecule has 2 rings (SSSR count). The Morgan fingerprint density at radius 3 is 2.41 bits per heavy atom. The fourth-order valence-electron chi connectivity index (χ4n) is 1.65. The number of hydrogen-bond donors (Lipinski definition) is 3. The number of aromatic hydroxyl groups is 2. The second-order valence-corrected chi connectivity index (χ2v) is 4.75. The fraction of sp³-hybridized carbons (Fsp3) is 0.417. The number of phenolic OH excluding ortho intramolecular Hbond substituents is 2. The highest BCUT2D eigenvalue weighted by Crippen LogP contribution is 2.46. The number of benzene rings is 1. The average molecular weight is 256 g/mol. The van der Waals surface area contributed by atoms with E-state index in [1.54, 1.807) is 0 Å². The predicted octanol–water partition coefficient (Wildman–Crippen LogP) is 1.85. The lowest BCUT2D eigenvalue weighted by Gasteiger charge is -2.13. The number of carbonyl (C=O) groups is 1. The summed E-state index contributed by atoms with van der Waals surface area (Å²) >= 11 is 5.80. The first-order valence-electron chi connectivity index (χ1n) is 5.43. The van der Waals surface area contributed by atoms with Gasteiger partial charge in [-0.2, -0.15) is 0 Å². The summed E-state index contributed by atoms with van der Waals surface area (Å²) in [6.07, 6.45) is 2.01. The van der Waals surface area contributed by atoms with Crippen molar-refractivity contribution in [2.24, 2.45) is 5.41 Å². The summed E-state index contributed by atoms with van der Waals surface area (Å²) in [6, 6.07) is 4.20. The van der Waals surface area contributed by atoms with Gasteiger partial charge in [-0.25, -0.2) is 0 Å². The largest absolute Gasteiger partial charge is 0.507 e. The minimum atomic E-state index is -0.475. The summed E-state index contributed by atoms with van der Waals surface area (Å²) < 4.78 is 0. The zero-order valence-corrected chi connectivity index (χ0v) is 10.00. The topological polar surface area (TPSA) is 69.6 Å². The highest BCUT2D eigenvalue weighted by atomic mass is 35.5. The van der Waals surface area contributed by atoms with Gasteiger partial charge in [0.1, 0.15) is 17.1 Å². The van der Waals surface area contributed by atoms with E-state index in [2.05, 4.69) is 5.32 Å². The molecule has 0 aromatic heterocycles. The molecule has 1 aliphatic carbocycles. The Morgan fingerprint density at radius 1 is 1.35 bits per heavy atom. The standard InChI is InChI=1S/C12H14ClNO3/c13-6-12(4-5-12)7-14-11(17)10-8(15)2-1-3-9(10)16/h1-3,15-16H,4-7H2,(H,14,17). The van der Waals surface area contributed by atoms with Crippen molar-refractivity contribution in [2.75, 3.05) is 12.4 Å². The van der Waals surface area contributed by atoms with Gasteiger partial charge in [0.2, 0.25) is 0 Å². The molecule has 1 aromatic rings. The van der Waals surface area contributed by atoms with Crippen molar-refractivity contribution >= 4 is 17.5 Å². The molecule has 1 fully saturated rings. The SMILES string of the molecule is O=C(NCC1(CCl)CC1)c1c(O)cccc1O. The van der Waals surface area contributed by atoms with Gasteiger partial charge in [-0.3, -0.25) is 4.79 Å². The van der Waals surface area contributed by atoms with Crippen molar-refractivity contribution in [2.45, 2.75) is 12.8 Å². The molecular weight excluding hydrogens is 242 g/mol. The average Bonchev–Trinajstić information content (AvgIpc) is 3.07. The first kappa shape index (κ1) is 12.0. The maximum absolute atomic E-state index is 11.8. The van der Waals surface area contributed by atoms with Crippen LogP contribution in [0.4, 0.5) is 0 Å². The second kappa shape index (κ2) is 4.45. The van der Waals surface area contributed by atoms with E-state index in [9.17, 15) is 15.0 Å². The van der Waals surface area contributed by atoms with Crippen molar-refractivity contribution < 1.29 is 15.0 Å². The predicted molar refractivity (Wildman–Crippen MR) is 64.5 cm³/mol. The third-order valence-corrected chi connectivity index (χ3v) is 3.68. The van der Waals surface area contributed by atoms with Gasteiger partial charge in [0, 0.05) is 17.8 Å². The van der Waals surface area contributed by atoms with Crippen LogP contribution in [0.2, 0.25) is 0 Å². The normalized spacial score (nSPS) is 16.5. The minimum absolute atomic E-state index is 0.0111. The lowest BCUT2D eigenvalue weighted by atomic mass is 10.1. The van der Waals surface area contributed by atoms with E-state index in [-0.39, 0.29) is 22.5 Å². The van der Waals surface area contributed by atoms with Gasteiger partial charge in [-0.05, 0) is 25.0 Å². The third-order valence-electron chi connectivity index (χ3n) is 3.11. The number of nitrogens with one attached hydrogen (secondary N) is 1. The zero-order valence-electron chi connectivity index (χ0n) is 9.24. The van der Waals surface area contributed by atoms with E-state index < -0.39 is 5.91 Å². The number of rotatable bonds is 4. The number of hydrogen-bond acceptors (Lipinski definition) is 3. The van der Waals surface area contributed by atoms with Gasteiger partial charge in [0.05, 0.1) is 0 Å². The number of amides is 1. The Kier molecular flexibility index (Phi) is 3.15. The zero-order chi connectivity index (χ0) is 12.5. The van der Waals surface area contributed by atoms with Gasteiger partial charge in [-0.15, -0.1) is 11.6 Å². The lowest BCUT2D eigenvalue weighted by Crippen LogP contribution is -2.31. The van der Waals surface area contributed by atoms with E-state index in [1.165, 1.54) is 18.2 Å². The van der Waals surface area contributed by atoms with Gasteiger partial charge >= 0.3 is 0 Å². The smallest absolute Gasteiger partial charge is 0.258 e. The van der Waals surface area contributed by atoms with Crippen molar-refractivity contribution in [1.29, 1.82) is 0 Å². The molecule has 5 heteroatoms. The summed E-state index contributed by atoms with van der Waals surface area (Å²) in [6.45, 7) is 0.475. The number of halogens is 1. The van der Waals surface area contributed by atoms with Crippen molar-refractivity contribution in [3.05, 3.63) is 23.8 Å². The highest BCUT2D eigenvalue weighted by Gasteiger charge is 2.42. The molecule has 17 heavy (non-hydrogen) atoms. The van der Waals surface area contributed by atoms with Crippen LogP contribution in [0.3, 0.4) is 0 Å². The van der Waals surface area contributed by atoms with Crippen LogP contribution in [-0.2, 0) is 0 Å². The summed E-state index contributed by atoms with van der Waals surface area (Å²) in [4.78, 5) is 11.8. The summed E-state index contributed by atoms with van der Waals surface area (Å²) in [5.41, 5.74) is -0.0742. The lowest BCUT2D eigenvalue weighted by molar-refractivity contribution is 0.0941. The Bertz CT molecular complexity index is 423. The molecule has 0 heterocycles. The molecule has 1 aromatic carbocycles. The van der Waals surface area contributed by atoms with Crippen LogP contribution in [-0.4, -0.2) is 28.5 Å². The van der Waals surface area contributed by atoms with Gasteiger partial charge in [0.15, 0.2) is 0 Å².